The molecular weight excluding hydrogens is 206 g/mol. The molecule has 0 amide bonds. The Morgan fingerprint density at radius 2 is 2.00 bits per heavy atom. The van der Waals surface area contributed by atoms with Gasteiger partial charge < -0.3 is 30.9 Å². The molecule has 6 N–H and O–H groups in total. The van der Waals surface area contributed by atoms with Gasteiger partial charge in [0.05, 0.1) is 12.6 Å². The lowest BCUT2D eigenvalue weighted by Gasteiger charge is -2.44. The molecule has 0 aliphatic carbocycles. The molecule has 0 saturated carbocycles. The molecule has 1 saturated heterocycles. The van der Waals surface area contributed by atoms with Gasteiger partial charge >= 0.3 is 0 Å². The van der Waals surface area contributed by atoms with E-state index in [9.17, 15) is 20.1 Å². The minimum Gasteiger partial charge on any atom is -0.394 e. The summed E-state index contributed by atoms with van der Waals surface area (Å²) in [6, 6.07) is -1.45. The number of ether oxygens (including phenoxy) is 1. The van der Waals surface area contributed by atoms with E-state index in [-0.39, 0.29) is 0 Å². The van der Waals surface area contributed by atoms with Gasteiger partial charge in [0.1, 0.15) is 18.3 Å². The first-order valence-corrected chi connectivity index (χ1v) is 4.48. The van der Waals surface area contributed by atoms with Crippen molar-refractivity contribution < 1.29 is 30.0 Å². The second kappa shape index (κ2) is 4.12. The summed E-state index contributed by atoms with van der Waals surface area (Å²) in [6.45, 7) is 0.402. The van der Waals surface area contributed by atoms with E-state index in [2.05, 4.69) is 0 Å². The van der Waals surface area contributed by atoms with E-state index in [1.54, 1.807) is 0 Å². The van der Waals surface area contributed by atoms with Gasteiger partial charge in [-0.05, 0) is 0 Å². The maximum atomic E-state index is 11.1. The molecule has 0 unspecified atom stereocenters. The number of ketones is 1. The van der Waals surface area contributed by atoms with Crippen molar-refractivity contribution >= 4 is 5.78 Å². The largest absolute Gasteiger partial charge is 0.394 e. The van der Waals surface area contributed by atoms with Crippen LogP contribution in [-0.4, -0.2) is 63.0 Å². The molecule has 15 heavy (non-hydrogen) atoms. The summed E-state index contributed by atoms with van der Waals surface area (Å²) in [7, 11) is 0. The number of carbonyl (C=O) groups is 1. The summed E-state index contributed by atoms with van der Waals surface area (Å²) in [5.74, 6) is -3.16. The normalized spacial score (nSPS) is 46.5. The van der Waals surface area contributed by atoms with Gasteiger partial charge in [-0.1, -0.05) is 0 Å². The van der Waals surface area contributed by atoms with Gasteiger partial charge in [0.15, 0.2) is 5.78 Å². The zero-order chi connectivity index (χ0) is 11.8. The third-order valence-electron chi connectivity index (χ3n) is 2.57. The average molecular weight is 221 g/mol. The van der Waals surface area contributed by atoms with Gasteiger partial charge in [-0.25, -0.2) is 0 Å². The molecule has 0 bridgehead atoms. The topological polar surface area (TPSA) is 133 Å². The quantitative estimate of drug-likeness (QED) is 0.330. The predicted octanol–water partition coefficient (Wildman–Crippen LogP) is -3.30. The van der Waals surface area contributed by atoms with Crippen molar-refractivity contribution in [3.63, 3.8) is 0 Å². The Kier molecular flexibility index (Phi) is 3.44. The lowest BCUT2D eigenvalue weighted by Crippen LogP contribution is -2.70. The highest BCUT2D eigenvalue weighted by atomic mass is 16.7. The number of aliphatic hydroxyl groups excluding tert-OH is 3. The summed E-state index contributed by atoms with van der Waals surface area (Å²) in [6.07, 6.45) is -4.22. The van der Waals surface area contributed by atoms with E-state index in [1.807, 2.05) is 0 Å². The Hall–Kier alpha value is -0.570. The number of hydrogen-bond acceptors (Lipinski definition) is 7. The molecule has 88 valence electrons. The summed E-state index contributed by atoms with van der Waals surface area (Å²) < 4.78 is 4.80. The SMILES string of the molecule is CC(=O)[C@]1(O)O[C@H](CO)[C@H](O)[C@H](O)[C@H]1N. The van der Waals surface area contributed by atoms with Gasteiger partial charge in [0.2, 0.25) is 5.79 Å². The maximum Gasteiger partial charge on any atom is 0.244 e. The van der Waals surface area contributed by atoms with Crippen molar-refractivity contribution in [3.8, 4) is 0 Å². The second-order valence-electron chi connectivity index (χ2n) is 3.60. The van der Waals surface area contributed by atoms with Crippen molar-refractivity contribution in [2.24, 2.45) is 5.73 Å². The van der Waals surface area contributed by atoms with Crippen LogP contribution >= 0.6 is 0 Å². The van der Waals surface area contributed by atoms with Crippen LogP contribution in [0, 0.1) is 0 Å². The number of rotatable bonds is 2. The van der Waals surface area contributed by atoms with Crippen LogP contribution in [0.1, 0.15) is 6.92 Å². The minimum absolute atomic E-state index is 0.638. The Balaban J connectivity index is 2.97. The maximum absolute atomic E-state index is 11.1. The molecular formula is C8H15NO6. The van der Waals surface area contributed by atoms with Crippen LogP contribution in [0.25, 0.3) is 0 Å². The fourth-order valence-electron chi connectivity index (χ4n) is 1.51. The summed E-state index contributed by atoms with van der Waals surface area (Å²) >= 11 is 0. The lowest BCUT2D eigenvalue weighted by molar-refractivity contribution is -0.296. The van der Waals surface area contributed by atoms with Crippen molar-refractivity contribution in [1.82, 2.24) is 0 Å². The van der Waals surface area contributed by atoms with Crippen molar-refractivity contribution in [2.75, 3.05) is 6.61 Å². The van der Waals surface area contributed by atoms with E-state index < -0.39 is 42.5 Å². The van der Waals surface area contributed by atoms with E-state index in [0.29, 0.717) is 0 Å². The van der Waals surface area contributed by atoms with E-state index in [1.165, 1.54) is 0 Å². The zero-order valence-corrected chi connectivity index (χ0v) is 8.20. The smallest absolute Gasteiger partial charge is 0.244 e. The standard InChI is InChI=1S/C8H15NO6/c1-3(11)8(14)7(9)6(13)5(12)4(2-10)15-8/h4-7,10,12-14H,2,9H2,1H3/t4-,5+,6+,7-,8+/m1/s1. The molecule has 1 heterocycles. The van der Waals surface area contributed by atoms with Gasteiger partial charge in [-0.2, -0.15) is 0 Å². The number of Topliss-reactive ketones (excluding diaryl/α,β-unsaturated/α-hetero) is 1. The first-order chi connectivity index (χ1) is 6.84. The van der Waals surface area contributed by atoms with Gasteiger partial charge in [0, 0.05) is 6.92 Å². The molecule has 1 rings (SSSR count). The second-order valence-corrected chi connectivity index (χ2v) is 3.60. The molecule has 1 aliphatic rings. The highest BCUT2D eigenvalue weighted by Crippen LogP contribution is 2.27. The molecule has 1 aliphatic heterocycles. The average Bonchev–Trinajstić information content (AvgIpc) is 2.20. The number of nitrogens with two attached hydrogens (primary N) is 1. The van der Waals surface area contributed by atoms with Gasteiger partial charge in [-0.3, -0.25) is 4.79 Å². The van der Waals surface area contributed by atoms with Crippen molar-refractivity contribution in [3.05, 3.63) is 0 Å². The molecule has 0 aromatic rings. The first kappa shape index (κ1) is 12.5. The Morgan fingerprint density at radius 1 is 1.47 bits per heavy atom. The third kappa shape index (κ3) is 1.89. The number of hydrogen-bond donors (Lipinski definition) is 5. The number of aliphatic hydroxyl groups is 4. The Labute approximate surface area is 86.1 Å². The highest BCUT2D eigenvalue weighted by molar-refractivity contribution is 5.84. The summed E-state index contributed by atoms with van der Waals surface area (Å²) in [4.78, 5) is 11.1. The van der Waals surface area contributed by atoms with Crippen LogP contribution < -0.4 is 5.73 Å². The molecule has 0 spiro atoms. The fraction of sp³-hybridized carbons (Fsp3) is 0.875. The van der Waals surface area contributed by atoms with E-state index in [0.717, 1.165) is 6.92 Å². The van der Waals surface area contributed by atoms with Crippen LogP contribution in [-0.2, 0) is 9.53 Å². The molecule has 0 aromatic heterocycles. The molecule has 7 heteroatoms. The molecule has 5 atom stereocenters. The highest BCUT2D eigenvalue weighted by Gasteiger charge is 2.54. The van der Waals surface area contributed by atoms with Crippen molar-refractivity contribution in [1.29, 1.82) is 0 Å². The van der Waals surface area contributed by atoms with E-state index in [4.69, 9.17) is 15.6 Å². The minimum atomic E-state index is -2.37. The van der Waals surface area contributed by atoms with Crippen LogP contribution in [0.4, 0.5) is 0 Å². The molecule has 0 aromatic carbocycles. The molecule has 7 nitrogen and oxygen atoms in total. The zero-order valence-electron chi connectivity index (χ0n) is 8.20. The summed E-state index contributed by atoms with van der Waals surface area (Å²) in [5.41, 5.74) is 5.38. The first-order valence-electron chi connectivity index (χ1n) is 4.48. The number of carbonyl (C=O) groups excluding carboxylic acids is 1. The Bertz CT molecular complexity index is 258. The molecule has 1 fully saturated rings. The third-order valence-corrected chi connectivity index (χ3v) is 2.57. The van der Waals surface area contributed by atoms with Gasteiger partial charge in [-0.15, -0.1) is 0 Å². The van der Waals surface area contributed by atoms with Crippen LogP contribution in [0.3, 0.4) is 0 Å². The lowest BCUT2D eigenvalue weighted by atomic mass is 9.89. The van der Waals surface area contributed by atoms with E-state index >= 15 is 0 Å². The van der Waals surface area contributed by atoms with Gasteiger partial charge in [0.25, 0.3) is 0 Å². The summed E-state index contributed by atoms with van der Waals surface area (Å²) in [5, 5.41) is 37.4. The van der Waals surface area contributed by atoms with Crippen LogP contribution in [0.5, 0.6) is 0 Å². The Morgan fingerprint density at radius 3 is 2.40 bits per heavy atom. The molecule has 0 radical (unpaired) electrons. The van der Waals surface area contributed by atoms with Crippen LogP contribution in [0.15, 0.2) is 0 Å². The fourth-order valence-corrected chi connectivity index (χ4v) is 1.51. The van der Waals surface area contributed by atoms with Crippen LogP contribution in [0.2, 0.25) is 0 Å². The predicted molar refractivity (Wildman–Crippen MR) is 47.6 cm³/mol. The van der Waals surface area contributed by atoms with Crippen molar-refractivity contribution in [2.45, 2.75) is 37.1 Å². The monoisotopic (exact) mass is 221 g/mol.